The van der Waals surface area contributed by atoms with Gasteiger partial charge in [-0.3, -0.25) is 4.68 Å². The van der Waals surface area contributed by atoms with Crippen LogP contribution in [-0.2, 0) is 4.74 Å². The number of rotatable bonds is 5. The zero-order valence-corrected chi connectivity index (χ0v) is 18.7. The highest BCUT2D eigenvalue weighted by Crippen LogP contribution is 2.29. The third kappa shape index (κ3) is 4.99. The maximum atomic E-state index is 14.2. The molecule has 1 atom stereocenters. The van der Waals surface area contributed by atoms with Crippen LogP contribution in [0, 0.1) is 11.7 Å². The second-order valence-corrected chi connectivity index (χ2v) is 8.28. The van der Waals surface area contributed by atoms with Crippen LogP contribution >= 0.6 is 0 Å². The summed E-state index contributed by atoms with van der Waals surface area (Å²) in [6, 6.07) is 1.66. The molecule has 0 aromatic carbocycles. The SMILES string of the molecule is COc1ncc(C(N)=C2CCOCCC2=Nc2cnn(C(C)C3CCNCC3)c2)cc1F. The van der Waals surface area contributed by atoms with Gasteiger partial charge in [0.15, 0.2) is 5.82 Å². The summed E-state index contributed by atoms with van der Waals surface area (Å²) in [6.07, 6.45) is 8.82. The fraction of sp³-hybridized carbons (Fsp3) is 0.522. The van der Waals surface area contributed by atoms with E-state index in [1.807, 2.05) is 10.9 Å². The van der Waals surface area contributed by atoms with E-state index in [0.717, 1.165) is 42.9 Å². The molecule has 4 rings (SSSR count). The molecule has 2 saturated heterocycles. The van der Waals surface area contributed by atoms with Gasteiger partial charge in [-0.2, -0.15) is 5.10 Å². The molecule has 0 bridgehead atoms. The van der Waals surface area contributed by atoms with Gasteiger partial charge in [-0.15, -0.1) is 0 Å². The van der Waals surface area contributed by atoms with Crippen LogP contribution in [-0.4, -0.2) is 53.9 Å². The Labute approximate surface area is 187 Å². The first-order valence-electron chi connectivity index (χ1n) is 11.2. The number of nitrogens with one attached hydrogen (secondary N) is 1. The number of aromatic nitrogens is 3. The van der Waals surface area contributed by atoms with Gasteiger partial charge < -0.3 is 20.5 Å². The van der Waals surface area contributed by atoms with Gasteiger partial charge >= 0.3 is 0 Å². The van der Waals surface area contributed by atoms with E-state index in [0.29, 0.717) is 49.3 Å². The molecule has 2 fully saturated rings. The third-order valence-corrected chi connectivity index (χ3v) is 6.30. The van der Waals surface area contributed by atoms with Crippen LogP contribution in [0.5, 0.6) is 5.88 Å². The highest BCUT2D eigenvalue weighted by Gasteiger charge is 2.22. The summed E-state index contributed by atoms with van der Waals surface area (Å²) in [4.78, 5) is 8.89. The lowest BCUT2D eigenvalue weighted by atomic mass is 9.91. The van der Waals surface area contributed by atoms with Crippen LogP contribution in [0.15, 0.2) is 35.2 Å². The zero-order valence-electron chi connectivity index (χ0n) is 18.7. The molecule has 0 saturated carbocycles. The average molecular weight is 443 g/mol. The molecule has 8 nitrogen and oxygen atoms in total. The van der Waals surface area contributed by atoms with E-state index in [1.165, 1.54) is 19.4 Å². The molecule has 2 aliphatic heterocycles. The Morgan fingerprint density at radius 3 is 2.84 bits per heavy atom. The fourth-order valence-corrected chi connectivity index (χ4v) is 4.36. The molecular weight excluding hydrogens is 411 g/mol. The smallest absolute Gasteiger partial charge is 0.250 e. The standard InChI is InChI=1S/C23H31FN6O2/c1-15(16-3-7-26-8-4-16)30-14-18(13-28-30)29-21-6-10-32-9-5-19(21)22(25)17-11-20(24)23(31-2)27-12-17/h11-16,26H,3-10,25H2,1-2H3. The van der Waals surface area contributed by atoms with E-state index in [2.05, 4.69) is 22.3 Å². The molecule has 2 aromatic heterocycles. The van der Waals surface area contributed by atoms with Gasteiger partial charge in [0.1, 0.15) is 5.69 Å². The van der Waals surface area contributed by atoms with Crippen molar-refractivity contribution in [2.24, 2.45) is 16.6 Å². The number of hydrogen-bond donors (Lipinski definition) is 2. The van der Waals surface area contributed by atoms with E-state index in [-0.39, 0.29) is 5.88 Å². The largest absolute Gasteiger partial charge is 0.479 e. The van der Waals surface area contributed by atoms with E-state index in [9.17, 15) is 4.39 Å². The molecular formula is C23H31FN6O2. The summed E-state index contributed by atoms with van der Waals surface area (Å²) >= 11 is 0. The Morgan fingerprint density at radius 1 is 1.31 bits per heavy atom. The van der Waals surface area contributed by atoms with Crippen LogP contribution < -0.4 is 15.8 Å². The molecule has 9 heteroatoms. The molecule has 3 N–H and O–H groups in total. The Kier molecular flexibility index (Phi) is 7.16. The van der Waals surface area contributed by atoms with Crippen molar-refractivity contribution >= 4 is 17.1 Å². The second-order valence-electron chi connectivity index (χ2n) is 8.28. The van der Waals surface area contributed by atoms with Crippen molar-refractivity contribution in [3.05, 3.63) is 41.6 Å². The first kappa shape index (κ1) is 22.4. The Bertz CT molecular complexity index is 996. The van der Waals surface area contributed by atoms with Crippen LogP contribution in [0.4, 0.5) is 10.1 Å². The van der Waals surface area contributed by atoms with E-state index >= 15 is 0 Å². The van der Waals surface area contributed by atoms with Crippen LogP contribution in [0.1, 0.15) is 44.2 Å². The Balaban J connectivity index is 1.62. The topological polar surface area (TPSA) is 99.6 Å². The van der Waals surface area contributed by atoms with Crippen molar-refractivity contribution in [2.75, 3.05) is 33.4 Å². The molecule has 172 valence electrons. The van der Waals surface area contributed by atoms with Crippen molar-refractivity contribution in [1.29, 1.82) is 0 Å². The van der Waals surface area contributed by atoms with E-state index in [1.54, 1.807) is 6.20 Å². The van der Waals surface area contributed by atoms with Crippen LogP contribution in [0.2, 0.25) is 0 Å². The number of methoxy groups -OCH3 is 1. The minimum Gasteiger partial charge on any atom is -0.479 e. The first-order chi connectivity index (χ1) is 15.6. The Morgan fingerprint density at radius 2 is 2.09 bits per heavy atom. The normalized spacial score (nSPS) is 21.9. The molecule has 0 radical (unpaired) electrons. The number of ether oxygens (including phenoxy) is 2. The van der Waals surface area contributed by atoms with Gasteiger partial charge in [-0.25, -0.2) is 14.4 Å². The number of pyridine rings is 1. The van der Waals surface area contributed by atoms with Gasteiger partial charge in [-0.05, 0) is 56.8 Å². The van der Waals surface area contributed by atoms with Crippen molar-refractivity contribution in [3.63, 3.8) is 0 Å². The maximum Gasteiger partial charge on any atom is 0.250 e. The number of aliphatic imine (C=N–C) groups is 1. The van der Waals surface area contributed by atoms with Gasteiger partial charge in [0, 0.05) is 29.6 Å². The second kappa shape index (κ2) is 10.2. The lowest BCUT2D eigenvalue weighted by Gasteiger charge is -2.28. The molecule has 2 aromatic rings. The zero-order chi connectivity index (χ0) is 22.5. The van der Waals surface area contributed by atoms with Crippen LogP contribution in [0.3, 0.4) is 0 Å². The predicted octanol–water partition coefficient (Wildman–Crippen LogP) is 3.24. The average Bonchev–Trinajstić information content (AvgIpc) is 3.16. The molecule has 0 amide bonds. The number of halogens is 1. The lowest BCUT2D eigenvalue weighted by molar-refractivity contribution is 0.150. The van der Waals surface area contributed by atoms with Gasteiger partial charge in [0.2, 0.25) is 5.88 Å². The maximum absolute atomic E-state index is 14.2. The molecule has 2 aliphatic rings. The molecule has 32 heavy (non-hydrogen) atoms. The van der Waals surface area contributed by atoms with Crippen molar-refractivity contribution in [2.45, 2.75) is 38.6 Å². The van der Waals surface area contributed by atoms with Crippen LogP contribution in [0.25, 0.3) is 5.70 Å². The van der Waals surface area contributed by atoms with Crippen molar-refractivity contribution in [1.82, 2.24) is 20.1 Å². The van der Waals surface area contributed by atoms with Gasteiger partial charge in [0.25, 0.3) is 0 Å². The number of nitrogens with two attached hydrogens (primary N) is 1. The highest BCUT2D eigenvalue weighted by molar-refractivity contribution is 6.07. The molecule has 0 aliphatic carbocycles. The molecule has 4 heterocycles. The first-order valence-corrected chi connectivity index (χ1v) is 11.2. The van der Waals surface area contributed by atoms with E-state index in [4.69, 9.17) is 20.2 Å². The quantitative estimate of drug-likeness (QED) is 0.738. The van der Waals surface area contributed by atoms with Crippen molar-refractivity contribution < 1.29 is 13.9 Å². The predicted molar refractivity (Wildman–Crippen MR) is 122 cm³/mol. The summed E-state index contributed by atoms with van der Waals surface area (Å²) in [5.41, 5.74) is 9.90. The van der Waals surface area contributed by atoms with Crippen molar-refractivity contribution in [3.8, 4) is 5.88 Å². The minimum absolute atomic E-state index is 0.0556. The molecule has 0 spiro atoms. The highest BCUT2D eigenvalue weighted by atomic mass is 19.1. The minimum atomic E-state index is -0.551. The molecule has 1 unspecified atom stereocenters. The number of hydrogen-bond acceptors (Lipinski definition) is 7. The number of nitrogens with zero attached hydrogens (tertiary/aromatic N) is 4. The number of piperidine rings is 1. The monoisotopic (exact) mass is 442 g/mol. The van der Waals surface area contributed by atoms with Gasteiger partial charge in [-0.1, -0.05) is 0 Å². The summed E-state index contributed by atoms with van der Waals surface area (Å²) in [5, 5.41) is 7.99. The van der Waals surface area contributed by atoms with Gasteiger partial charge in [0.05, 0.1) is 38.8 Å². The van der Waals surface area contributed by atoms with E-state index < -0.39 is 5.82 Å². The fourth-order valence-electron chi connectivity index (χ4n) is 4.36. The third-order valence-electron chi connectivity index (χ3n) is 6.30. The lowest BCUT2D eigenvalue weighted by Crippen LogP contribution is -2.31. The Hall–Kier alpha value is -2.78. The summed E-state index contributed by atoms with van der Waals surface area (Å²) in [7, 11) is 1.38. The summed E-state index contributed by atoms with van der Waals surface area (Å²) in [6.45, 7) is 5.42. The summed E-state index contributed by atoms with van der Waals surface area (Å²) in [5.74, 6) is -0.00323. The summed E-state index contributed by atoms with van der Waals surface area (Å²) < 4.78 is 26.8.